The molecule has 5 heteroatoms. The van der Waals surface area contributed by atoms with Crippen LogP contribution in [0.3, 0.4) is 0 Å². The molecule has 0 atom stereocenters. The molecule has 0 unspecified atom stereocenters. The molecule has 0 spiro atoms. The van der Waals surface area contributed by atoms with E-state index in [1.165, 1.54) is 141 Å². The minimum Gasteiger partial charge on any atom is -0.468 e. The number of hydrogen-bond donors (Lipinski definition) is 0. The Labute approximate surface area is 534 Å². The van der Waals surface area contributed by atoms with Crippen molar-refractivity contribution in [2.45, 2.75) is 258 Å². The van der Waals surface area contributed by atoms with Gasteiger partial charge in [-0.1, -0.05) is 183 Å². The van der Waals surface area contributed by atoms with E-state index in [2.05, 4.69) is 276 Å². The Morgan fingerprint density at radius 2 is 0.730 bits per heavy atom. The number of anilines is 6. The molecular formula is C84H100BN3O. The lowest BCUT2D eigenvalue weighted by Crippen LogP contribution is -2.61. The Balaban J connectivity index is 1.14. The van der Waals surface area contributed by atoms with Crippen LogP contribution in [0.4, 0.5) is 34.1 Å². The second kappa shape index (κ2) is 18.2. The maximum Gasteiger partial charge on any atom is 0.297 e. The molecule has 9 aromatic rings. The maximum absolute atomic E-state index is 7.99. The third-order valence-electron chi connectivity index (χ3n) is 24.5. The topological polar surface area (TPSA) is 24.6 Å². The van der Waals surface area contributed by atoms with Gasteiger partial charge in [-0.3, -0.25) is 0 Å². The number of rotatable bonds is 3. The summed E-state index contributed by atoms with van der Waals surface area (Å²) in [6.45, 7) is 53.7. The van der Waals surface area contributed by atoms with Gasteiger partial charge >= 0.3 is 0 Å². The number of furan rings is 1. The van der Waals surface area contributed by atoms with Gasteiger partial charge in [0.1, 0.15) is 5.58 Å². The summed E-state index contributed by atoms with van der Waals surface area (Å²) < 4.78 is 10.6. The van der Waals surface area contributed by atoms with Gasteiger partial charge in [0.25, 0.3) is 6.71 Å². The highest BCUT2D eigenvalue weighted by Crippen LogP contribution is 2.57. The van der Waals surface area contributed by atoms with Crippen LogP contribution in [0, 0.1) is 0 Å². The van der Waals surface area contributed by atoms with Crippen molar-refractivity contribution in [2.24, 2.45) is 0 Å². The van der Waals surface area contributed by atoms with Crippen LogP contribution in [0.15, 0.2) is 114 Å². The molecule has 4 aliphatic carbocycles. The Morgan fingerprint density at radius 3 is 1.18 bits per heavy atom. The number of hydrogen-bond acceptors (Lipinski definition) is 3. The summed E-state index contributed by atoms with van der Waals surface area (Å²) in [4.78, 5) is 5.48. The zero-order valence-corrected chi connectivity index (χ0v) is 58.4. The van der Waals surface area contributed by atoms with E-state index in [-0.39, 0.29) is 60.9 Å². The molecule has 0 saturated heterocycles. The summed E-state index contributed by atoms with van der Waals surface area (Å²) in [5.74, 6) is 0. The third kappa shape index (κ3) is 8.56. The van der Waals surface area contributed by atoms with E-state index in [9.17, 15) is 0 Å². The lowest BCUT2D eigenvalue weighted by atomic mass is 9.35. The monoisotopic (exact) mass is 1180 g/mol. The smallest absolute Gasteiger partial charge is 0.297 e. The van der Waals surface area contributed by atoms with Crippen LogP contribution >= 0.6 is 0 Å². The fraction of sp³-hybridized carbons (Fsp3) is 0.476. The molecular weight excluding hydrogens is 1080 g/mol. The van der Waals surface area contributed by atoms with Gasteiger partial charge in [-0.25, -0.2) is 0 Å². The van der Waals surface area contributed by atoms with Gasteiger partial charge in [-0.05, 0) is 251 Å². The van der Waals surface area contributed by atoms with E-state index in [0.717, 1.165) is 55.5 Å². The largest absolute Gasteiger partial charge is 0.468 e. The fourth-order valence-electron chi connectivity index (χ4n) is 17.9. The van der Waals surface area contributed by atoms with Crippen molar-refractivity contribution in [3.05, 3.63) is 165 Å². The summed E-state index contributed by atoms with van der Waals surface area (Å²) in [6.07, 6.45) is 9.18. The molecule has 4 nitrogen and oxygen atoms in total. The van der Waals surface area contributed by atoms with Gasteiger partial charge in [0.05, 0.1) is 28.1 Å². The molecule has 7 aromatic carbocycles. The van der Waals surface area contributed by atoms with Gasteiger partial charge < -0.3 is 18.8 Å². The summed E-state index contributed by atoms with van der Waals surface area (Å²) >= 11 is 0. The van der Waals surface area contributed by atoms with Crippen LogP contribution in [0.25, 0.3) is 38.5 Å². The van der Waals surface area contributed by atoms with Crippen molar-refractivity contribution >= 4 is 90.2 Å². The molecule has 0 N–H and O–H groups in total. The van der Waals surface area contributed by atoms with E-state index in [4.69, 9.17) is 4.42 Å². The van der Waals surface area contributed by atoms with Crippen LogP contribution in [0.2, 0.25) is 0 Å². The van der Waals surface area contributed by atoms with Crippen molar-refractivity contribution < 1.29 is 4.42 Å². The highest BCUT2D eigenvalue weighted by atomic mass is 16.3. The minimum absolute atomic E-state index is 0.00299. The van der Waals surface area contributed by atoms with Crippen LogP contribution in [0.5, 0.6) is 0 Å². The van der Waals surface area contributed by atoms with Crippen LogP contribution in [-0.2, 0) is 54.1 Å². The predicted molar refractivity (Wildman–Crippen MR) is 383 cm³/mol. The first-order chi connectivity index (χ1) is 41.3. The first-order valence-electron chi connectivity index (χ1n) is 34.3. The molecule has 0 radical (unpaired) electrons. The number of fused-ring (bicyclic) bond motifs is 13. The Bertz CT molecular complexity index is 4470. The van der Waals surface area contributed by atoms with Crippen molar-refractivity contribution in [3.63, 3.8) is 0 Å². The lowest BCUT2D eigenvalue weighted by molar-refractivity contribution is 0.332. The summed E-state index contributed by atoms with van der Waals surface area (Å²) in [6, 6.07) is 45.7. The Hall–Kier alpha value is -6.46. The molecule has 2 aromatic heterocycles. The molecule has 89 heavy (non-hydrogen) atoms. The standard InChI is InChI=1S/C84H100BN3O/c1-75(2,3)49-23-29-66-54(39-49)55-40-50(76(4,5)6)24-30-67(55)87(66)53-43-69-72-70(44-53)88(52-26-28-58-60(42-52)80(13,14)34-32-78(58,9)10)73-56-45-61-64(84(21,22)38-35-81(61,15)16)48-71(56)89-74(73)85(72)65-46-62-63(83(19,20)37-36-82(62,17)18)47-68(65)86(69)51-25-27-57-59(41-51)79(11,12)33-31-77(57,7)8/h23-30,39-48H,31-38H2,1-22H3. The summed E-state index contributed by atoms with van der Waals surface area (Å²) in [5.41, 5.74) is 30.1. The number of aromatic nitrogens is 1. The van der Waals surface area contributed by atoms with Gasteiger partial charge in [0.2, 0.25) is 0 Å². The van der Waals surface area contributed by atoms with Crippen molar-refractivity contribution in [1.29, 1.82) is 0 Å². The Morgan fingerprint density at radius 1 is 0.348 bits per heavy atom. The first kappa shape index (κ1) is 58.9. The molecule has 0 amide bonds. The average Bonchev–Trinajstić information content (AvgIpc) is 1.67. The quantitative estimate of drug-likeness (QED) is 0.165. The third-order valence-corrected chi connectivity index (χ3v) is 24.5. The molecule has 0 bridgehead atoms. The number of benzene rings is 7. The minimum atomic E-state index is -0.203. The highest BCUT2D eigenvalue weighted by molar-refractivity contribution is 7.00. The average molecular weight is 1180 g/mol. The zero-order chi connectivity index (χ0) is 63.4. The molecule has 0 fully saturated rings. The van der Waals surface area contributed by atoms with Gasteiger partial charge in [0.15, 0.2) is 0 Å². The second-order valence-electron chi connectivity index (χ2n) is 36.5. The van der Waals surface area contributed by atoms with Crippen LogP contribution < -0.4 is 26.4 Å². The lowest BCUT2D eigenvalue weighted by Gasteiger charge is -2.47. The highest BCUT2D eigenvalue weighted by Gasteiger charge is 2.51. The van der Waals surface area contributed by atoms with E-state index in [1.807, 2.05) is 0 Å². The normalized spacial score (nSPS) is 21.0. The molecule has 4 heterocycles. The van der Waals surface area contributed by atoms with Gasteiger partial charge in [-0.15, -0.1) is 0 Å². The van der Waals surface area contributed by atoms with Crippen molar-refractivity contribution in [3.8, 4) is 5.69 Å². The van der Waals surface area contributed by atoms with Crippen molar-refractivity contribution in [1.82, 2.24) is 4.57 Å². The second-order valence-corrected chi connectivity index (χ2v) is 36.5. The number of nitrogens with zero attached hydrogens (tertiary/aromatic N) is 3. The van der Waals surface area contributed by atoms with Gasteiger partial charge in [0, 0.05) is 44.6 Å². The van der Waals surface area contributed by atoms with Gasteiger partial charge in [-0.2, -0.15) is 0 Å². The molecule has 6 aliphatic rings. The Kier molecular flexibility index (Phi) is 12.0. The molecule has 0 saturated carbocycles. The maximum atomic E-state index is 7.99. The molecule has 15 rings (SSSR count). The SMILES string of the molecule is CC(C)(C)c1ccc2c(c1)c1cc(C(C)(C)C)ccc1n2-c1cc2c3c(c1)N(c1ccc4c(c1)C(C)(C)CCC4(C)C)c1c(oc4cc5c(cc14)C(C)(C)CCC5(C)C)B3c1cc3c(cc1N2c1ccc2c(c1)C(C)(C)CCC2(C)C)C(C)(C)CCC3(C)C. The van der Waals surface area contributed by atoms with Crippen LogP contribution in [0.1, 0.15) is 259 Å². The van der Waals surface area contributed by atoms with E-state index in [0.29, 0.717) is 0 Å². The predicted octanol–water partition coefficient (Wildman–Crippen LogP) is 21.6. The molecule has 2 aliphatic heterocycles. The van der Waals surface area contributed by atoms with E-state index in [1.54, 1.807) is 0 Å². The van der Waals surface area contributed by atoms with E-state index >= 15 is 0 Å². The summed E-state index contributed by atoms with van der Waals surface area (Å²) in [5, 5.41) is 3.82. The van der Waals surface area contributed by atoms with Crippen molar-refractivity contribution in [2.75, 3.05) is 9.80 Å². The summed E-state index contributed by atoms with van der Waals surface area (Å²) in [7, 11) is 0. The van der Waals surface area contributed by atoms with Crippen LogP contribution in [-0.4, -0.2) is 11.3 Å². The molecule has 460 valence electrons. The zero-order valence-electron chi connectivity index (χ0n) is 58.4. The fourth-order valence-corrected chi connectivity index (χ4v) is 17.9. The van der Waals surface area contributed by atoms with E-state index < -0.39 is 0 Å². The first-order valence-corrected chi connectivity index (χ1v) is 34.3.